The lowest BCUT2D eigenvalue weighted by Crippen LogP contribution is -2.40. The van der Waals surface area contributed by atoms with E-state index in [4.69, 9.17) is 5.11 Å². The van der Waals surface area contributed by atoms with Gasteiger partial charge in [0.15, 0.2) is 0 Å². The molecular formula is C23H19F3N4O6. The highest BCUT2D eigenvalue weighted by Gasteiger charge is 2.33. The number of urea groups is 1. The van der Waals surface area contributed by atoms with Crippen LogP contribution in [0.5, 0.6) is 5.75 Å². The molecule has 0 bridgehead atoms. The van der Waals surface area contributed by atoms with Gasteiger partial charge in [-0.15, -0.1) is 0 Å². The number of rotatable bonds is 5. The van der Waals surface area contributed by atoms with Crippen molar-refractivity contribution >= 4 is 17.9 Å². The minimum Gasteiger partial charge on any atom is -0.449 e. The predicted octanol–water partition coefficient (Wildman–Crippen LogP) is 2.96. The number of benzene rings is 2. The molecule has 13 heteroatoms. The molecule has 4 rings (SSSR count). The van der Waals surface area contributed by atoms with Gasteiger partial charge in [0.2, 0.25) is 5.75 Å². The molecule has 0 aliphatic carbocycles. The molecule has 3 aromatic rings. The minimum absolute atomic E-state index is 0.0402. The average Bonchev–Trinajstić information content (AvgIpc) is 3.24. The predicted molar refractivity (Wildman–Crippen MR) is 121 cm³/mol. The number of alkyl halides is 3. The molecule has 0 unspecified atom stereocenters. The summed E-state index contributed by atoms with van der Waals surface area (Å²) < 4.78 is 46.1. The number of hydrogen-bond acceptors (Lipinski definition) is 5. The number of nitrogens with one attached hydrogen (secondary N) is 1. The minimum atomic E-state index is -4.65. The Morgan fingerprint density at radius 3 is 2.33 bits per heavy atom. The highest BCUT2D eigenvalue weighted by atomic mass is 19.4. The molecule has 188 valence electrons. The van der Waals surface area contributed by atoms with Gasteiger partial charge in [-0.2, -0.15) is 13.2 Å². The average molecular weight is 504 g/mol. The molecule has 0 saturated carbocycles. The fourth-order valence-corrected chi connectivity index (χ4v) is 3.91. The van der Waals surface area contributed by atoms with Crippen molar-refractivity contribution in [2.45, 2.75) is 19.6 Å². The summed E-state index contributed by atoms with van der Waals surface area (Å²) in [5.74, 6) is -0.713. The van der Waals surface area contributed by atoms with Crippen LogP contribution in [0, 0.1) is 6.92 Å². The number of anilines is 1. The Hall–Kier alpha value is -4.55. The molecule has 1 fully saturated rings. The van der Waals surface area contributed by atoms with Gasteiger partial charge in [0.05, 0.1) is 24.0 Å². The number of nitrogens with zero attached hydrogens (tertiary/aromatic N) is 3. The molecule has 2 heterocycles. The first-order valence-electron chi connectivity index (χ1n) is 10.6. The van der Waals surface area contributed by atoms with Crippen LogP contribution in [-0.2, 0) is 12.7 Å². The van der Waals surface area contributed by atoms with E-state index in [2.05, 4.69) is 10.1 Å². The normalized spacial score (nSPS) is 13.6. The Morgan fingerprint density at radius 1 is 1.08 bits per heavy atom. The highest BCUT2D eigenvalue weighted by Crippen LogP contribution is 2.33. The van der Waals surface area contributed by atoms with E-state index in [0.29, 0.717) is 23.3 Å². The maximum Gasteiger partial charge on any atom is 0.511 e. The first kappa shape index (κ1) is 24.6. The summed E-state index contributed by atoms with van der Waals surface area (Å²) >= 11 is 0. The van der Waals surface area contributed by atoms with E-state index in [1.807, 2.05) is 0 Å². The van der Waals surface area contributed by atoms with E-state index >= 15 is 0 Å². The molecular weight excluding hydrogens is 485 g/mol. The van der Waals surface area contributed by atoms with Crippen molar-refractivity contribution in [3.8, 4) is 11.4 Å². The van der Waals surface area contributed by atoms with Crippen LogP contribution in [0.2, 0.25) is 0 Å². The Kier molecular flexibility index (Phi) is 6.31. The second kappa shape index (κ2) is 9.24. The molecule has 10 nitrogen and oxygen atoms in total. The Bertz CT molecular complexity index is 1460. The zero-order valence-corrected chi connectivity index (χ0v) is 18.7. The van der Waals surface area contributed by atoms with Crippen molar-refractivity contribution in [1.82, 2.24) is 14.5 Å². The van der Waals surface area contributed by atoms with Crippen LogP contribution in [0.3, 0.4) is 0 Å². The van der Waals surface area contributed by atoms with Crippen molar-refractivity contribution in [3.63, 3.8) is 0 Å². The van der Waals surface area contributed by atoms with E-state index in [0.717, 1.165) is 22.9 Å². The molecule has 2 N–H and O–H groups in total. The van der Waals surface area contributed by atoms with Crippen molar-refractivity contribution in [2.75, 3.05) is 18.0 Å². The smallest absolute Gasteiger partial charge is 0.449 e. The number of carboxylic acid groups (broad SMARTS) is 1. The molecule has 1 aliphatic heterocycles. The summed E-state index contributed by atoms with van der Waals surface area (Å²) in [6.45, 7) is 1.56. The number of aromatic nitrogens is 2. The van der Waals surface area contributed by atoms with Gasteiger partial charge >= 0.3 is 24.1 Å². The molecule has 0 spiro atoms. The number of halogens is 3. The Balaban J connectivity index is 1.81. The molecule has 0 atom stereocenters. The standard InChI is InChI=1S/C23H19F3N4O6/c1-13-14(3-2-4-17(13)23(24,25)26)11-30-19(31)18(36-22(34)35)12-29(21(30)33)16-7-5-15(6-8-16)28-10-9-27-20(28)32/h2-8,12H,9-11H2,1H3,(H,27,32)(H,34,35). The van der Waals surface area contributed by atoms with Crippen LogP contribution < -0.4 is 26.2 Å². The maximum absolute atomic E-state index is 13.3. The number of amides is 2. The summed E-state index contributed by atoms with van der Waals surface area (Å²) in [6, 6.07) is 9.12. The second-order valence-electron chi connectivity index (χ2n) is 7.89. The Morgan fingerprint density at radius 2 is 1.75 bits per heavy atom. The SMILES string of the molecule is Cc1c(Cn2c(=O)c(OC(=O)O)cn(-c3ccc(N4CCNC4=O)cc3)c2=O)cccc1C(F)(F)F. The third kappa shape index (κ3) is 4.67. The first-order valence-corrected chi connectivity index (χ1v) is 10.6. The second-order valence-corrected chi connectivity index (χ2v) is 7.89. The van der Waals surface area contributed by atoms with Crippen molar-refractivity contribution < 1.29 is 32.6 Å². The monoisotopic (exact) mass is 504 g/mol. The molecule has 0 radical (unpaired) electrons. The van der Waals surface area contributed by atoms with Crippen LogP contribution in [0.1, 0.15) is 16.7 Å². The number of hydrogen-bond donors (Lipinski definition) is 2. The summed E-state index contributed by atoms with van der Waals surface area (Å²) in [4.78, 5) is 50.6. The molecule has 1 aliphatic rings. The summed E-state index contributed by atoms with van der Waals surface area (Å²) in [5.41, 5.74) is -2.38. The van der Waals surface area contributed by atoms with Crippen molar-refractivity contribution in [3.05, 3.63) is 86.2 Å². The van der Waals surface area contributed by atoms with Gasteiger partial charge < -0.3 is 15.2 Å². The van der Waals surface area contributed by atoms with Crippen LogP contribution in [0.25, 0.3) is 5.69 Å². The lowest BCUT2D eigenvalue weighted by molar-refractivity contribution is -0.138. The van der Waals surface area contributed by atoms with Gasteiger partial charge in [0.1, 0.15) is 0 Å². The van der Waals surface area contributed by atoms with Gasteiger partial charge in [0, 0.05) is 18.8 Å². The fraction of sp³-hybridized carbons (Fsp3) is 0.217. The van der Waals surface area contributed by atoms with Crippen LogP contribution in [0.4, 0.5) is 28.4 Å². The van der Waals surface area contributed by atoms with Crippen molar-refractivity contribution in [1.29, 1.82) is 0 Å². The summed E-state index contributed by atoms with van der Waals surface area (Å²) in [7, 11) is 0. The van der Waals surface area contributed by atoms with E-state index in [1.165, 1.54) is 30.0 Å². The quantitative estimate of drug-likeness (QED) is 0.515. The van der Waals surface area contributed by atoms with E-state index in [1.54, 1.807) is 12.1 Å². The number of carbonyl (C=O) groups is 2. The van der Waals surface area contributed by atoms with Crippen LogP contribution >= 0.6 is 0 Å². The Labute approximate surface area is 200 Å². The molecule has 36 heavy (non-hydrogen) atoms. The molecule has 1 saturated heterocycles. The number of carbonyl (C=O) groups excluding carboxylic acids is 1. The largest absolute Gasteiger partial charge is 0.511 e. The highest BCUT2D eigenvalue weighted by molar-refractivity contribution is 5.94. The lowest BCUT2D eigenvalue weighted by Gasteiger charge is -2.17. The molecule has 1 aromatic heterocycles. The van der Waals surface area contributed by atoms with E-state index in [-0.39, 0.29) is 22.8 Å². The summed E-state index contributed by atoms with van der Waals surface area (Å²) in [6.07, 6.45) is -5.56. The molecule has 2 aromatic carbocycles. The van der Waals surface area contributed by atoms with E-state index in [9.17, 15) is 32.3 Å². The van der Waals surface area contributed by atoms with E-state index < -0.39 is 41.4 Å². The van der Waals surface area contributed by atoms with Gasteiger partial charge in [-0.05, 0) is 48.4 Å². The van der Waals surface area contributed by atoms with Crippen LogP contribution in [-0.4, -0.2) is 39.5 Å². The third-order valence-electron chi connectivity index (χ3n) is 5.71. The van der Waals surface area contributed by atoms with Gasteiger partial charge in [-0.1, -0.05) is 12.1 Å². The third-order valence-corrected chi connectivity index (χ3v) is 5.71. The van der Waals surface area contributed by atoms with Gasteiger partial charge in [0.25, 0.3) is 5.56 Å². The zero-order chi connectivity index (χ0) is 26.2. The van der Waals surface area contributed by atoms with Gasteiger partial charge in [-0.3, -0.25) is 18.8 Å². The molecule has 2 amide bonds. The fourth-order valence-electron chi connectivity index (χ4n) is 3.91. The van der Waals surface area contributed by atoms with Crippen LogP contribution in [0.15, 0.2) is 58.3 Å². The lowest BCUT2D eigenvalue weighted by atomic mass is 10.0. The summed E-state index contributed by atoms with van der Waals surface area (Å²) in [5, 5.41) is 11.7. The zero-order valence-electron chi connectivity index (χ0n) is 18.7. The number of ether oxygens (including phenoxy) is 1. The van der Waals surface area contributed by atoms with Crippen molar-refractivity contribution in [2.24, 2.45) is 0 Å². The first-order chi connectivity index (χ1) is 17.0. The maximum atomic E-state index is 13.3. The van der Waals surface area contributed by atoms with Gasteiger partial charge in [-0.25, -0.2) is 14.4 Å². The topological polar surface area (TPSA) is 123 Å².